The maximum atomic E-state index is 5.36. The number of nitrogens with two attached hydrogens (primary N) is 1. The van der Waals surface area contributed by atoms with E-state index in [1.807, 2.05) is 46.3 Å². The van der Waals surface area contributed by atoms with Crippen molar-refractivity contribution < 1.29 is 0 Å². The van der Waals surface area contributed by atoms with Gasteiger partial charge in [-0.25, -0.2) is 4.98 Å². The summed E-state index contributed by atoms with van der Waals surface area (Å²) in [7, 11) is 0. The number of hydrazone groups is 1. The lowest BCUT2D eigenvalue weighted by Crippen LogP contribution is -2.24. The summed E-state index contributed by atoms with van der Waals surface area (Å²) < 4.78 is 1.98. The van der Waals surface area contributed by atoms with Crippen molar-refractivity contribution in [3.8, 4) is 11.3 Å². The summed E-state index contributed by atoms with van der Waals surface area (Å²) in [5, 5.41) is 6.15. The molecule has 0 amide bonds. The average Bonchev–Trinajstić information content (AvgIpc) is 3.01. The van der Waals surface area contributed by atoms with Crippen molar-refractivity contribution in [1.29, 1.82) is 0 Å². The van der Waals surface area contributed by atoms with Gasteiger partial charge in [0.15, 0.2) is 10.1 Å². The fraction of sp³-hybridized carbons (Fsp3) is 0. The fourth-order valence-electron chi connectivity index (χ4n) is 1.89. The van der Waals surface area contributed by atoms with E-state index in [9.17, 15) is 0 Å². The van der Waals surface area contributed by atoms with E-state index in [4.69, 9.17) is 18.0 Å². The molecule has 3 aromatic rings. The Kier molecular flexibility index (Phi) is 3.44. The normalized spacial score (nSPS) is 11.2. The molecule has 0 aliphatic rings. The Morgan fingerprint density at radius 1 is 1.40 bits per heavy atom. The van der Waals surface area contributed by atoms with Crippen LogP contribution in [0.4, 0.5) is 0 Å². The van der Waals surface area contributed by atoms with E-state index < -0.39 is 0 Å². The summed E-state index contributed by atoms with van der Waals surface area (Å²) in [6.45, 7) is 0. The third-order valence-corrected chi connectivity index (χ3v) is 3.56. The number of benzene rings is 1. The third-order valence-electron chi connectivity index (χ3n) is 2.71. The van der Waals surface area contributed by atoms with Crippen LogP contribution in [0.15, 0.2) is 47.0 Å². The molecule has 0 unspecified atom stereocenters. The van der Waals surface area contributed by atoms with E-state index in [1.165, 1.54) is 0 Å². The van der Waals surface area contributed by atoms with Gasteiger partial charge in [-0.15, -0.1) is 11.3 Å². The monoisotopic (exact) mass is 301 g/mol. The summed E-state index contributed by atoms with van der Waals surface area (Å²) in [5.41, 5.74) is 10.7. The molecule has 3 N–H and O–H groups in total. The molecule has 0 fully saturated rings. The fourth-order valence-corrected chi connectivity index (χ4v) is 2.67. The summed E-state index contributed by atoms with van der Waals surface area (Å²) in [4.78, 5) is 5.56. The van der Waals surface area contributed by atoms with E-state index in [-0.39, 0.29) is 5.11 Å². The summed E-state index contributed by atoms with van der Waals surface area (Å²) >= 11 is 6.30. The topological polar surface area (TPSA) is 67.7 Å². The minimum atomic E-state index is 0.133. The van der Waals surface area contributed by atoms with Gasteiger partial charge in [-0.3, -0.25) is 9.83 Å². The van der Waals surface area contributed by atoms with E-state index in [0.29, 0.717) is 0 Å². The van der Waals surface area contributed by atoms with Gasteiger partial charge in [0.25, 0.3) is 0 Å². The second-order valence-electron chi connectivity index (χ2n) is 4.00. The Labute approximate surface area is 124 Å². The predicted molar refractivity (Wildman–Crippen MR) is 86.0 cm³/mol. The van der Waals surface area contributed by atoms with Gasteiger partial charge in [-0.05, 0) is 12.2 Å². The zero-order valence-corrected chi connectivity index (χ0v) is 12.0. The van der Waals surface area contributed by atoms with E-state index >= 15 is 0 Å². The predicted octanol–water partition coefficient (Wildman–Crippen LogP) is 2.23. The van der Waals surface area contributed by atoms with Crippen molar-refractivity contribution >= 4 is 39.8 Å². The number of hydrogen-bond acceptors (Lipinski definition) is 4. The molecule has 2 heterocycles. The third kappa shape index (κ3) is 2.40. The number of thiocarbonyl (C=S) groups is 1. The molecule has 1 aromatic carbocycles. The highest BCUT2D eigenvalue weighted by atomic mass is 32.1. The minimum absolute atomic E-state index is 0.133. The van der Waals surface area contributed by atoms with Gasteiger partial charge in [-0.1, -0.05) is 30.3 Å². The Bertz CT molecular complexity index is 773. The van der Waals surface area contributed by atoms with Gasteiger partial charge >= 0.3 is 0 Å². The van der Waals surface area contributed by atoms with Crippen molar-refractivity contribution in [2.75, 3.05) is 0 Å². The number of nitrogens with zero attached hydrogens (tertiary/aromatic N) is 3. The lowest BCUT2D eigenvalue weighted by Gasteiger charge is -1.99. The van der Waals surface area contributed by atoms with Gasteiger partial charge in [0, 0.05) is 17.1 Å². The maximum Gasteiger partial charge on any atom is 0.194 e. The zero-order valence-electron chi connectivity index (χ0n) is 10.4. The van der Waals surface area contributed by atoms with Crippen molar-refractivity contribution in [2.24, 2.45) is 10.8 Å². The molecule has 0 aliphatic carbocycles. The first kappa shape index (κ1) is 12.8. The maximum absolute atomic E-state index is 5.36. The molecule has 0 aliphatic heterocycles. The SMILES string of the molecule is NC(=S)N/N=C/c1c(-c2ccccc2)nc2sccn12. The first-order valence-electron chi connectivity index (χ1n) is 5.85. The molecule has 0 spiro atoms. The molecule has 5 nitrogen and oxygen atoms in total. The van der Waals surface area contributed by atoms with Crippen LogP contribution >= 0.6 is 23.6 Å². The van der Waals surface area contributed by atoms with Crippen LogP contribution < -0.4 is 11.2 Å². The molecule has 3 rings (SSSR count). The molecule has 0 radical (unpaired) electrons. The highest BCUT2D eigenvalue weighted by Crippen LogP contribution is 2.25. The highest BCUT2D eigenvalue weighted by molar-refractivity contribution is 7.80. The molecule has 20 heavy (non-hydrogen) atoms. The van der Waals surface area contributed by atoms with Crippen LogP contribution in [-0.4, -0.2) is 20.7 Å². The van der Waals surface area contributed by atoms with Crippen LogP contribution in [0.2, 0.25) is 0 Å². The quantitative estimate of drug-likeness (QED) is 0.442. The first-order chi connectivity index (χ1) is 9.75. The average molecular weight is 301 g/mol. The van der Waals surface area contributed by atoms with Crippen LogP contribution in [0.5, 0.6) is 0 Å². The summed E-state index contributed by atoms with van der Waals surface area (Å²) in [6.07, 6.45) is 3.63. The van der Waals surface area contributed by atoms with Gasteiger partial charge < -0.3 is 5.73 Å². The van der Waals surface area contributed by atoms with E-state index in [1.54, 1.807) is 17.6 Å². The molecule has 7 heteroatoms. The highest BCUT2D eigenvalue weighted by Gasteiger charge is 2.12. The Morgan fingerprint density at radius 3 is 2.95 bits per heavy atom. The van der Waals surface area contributed by atoms with Gasteiger partial charge in [0.1, 0.15) is 0 Å². The van der Waals surface area contributed by atoms with Crippen molar-refractivity contribution in [3.63, 3.8) is 0 Å². The lowest BCUT2D eigenvalue weighted by atomic mass is 10.1. The first-order valence-corrected chi connectivity index (χ1v) is 7.14. The smallest absolute Gasteiger partial charge is 0.194 e. The van der Waals surface area contributed by atoms with Crippen LogP contribution in [0.25, 0.3) is 16.2 Å². The Morgan fingerprint density at radius 2 is 2.20 bits per heavy atom. The van der Waals surface area contributed by atoms with Crippen molar-refractivity contribution in [2.45, 2.75) is 0 Å². The van der Waals surface area contributed by atoms with Crippen molar-refractivity contribution in [1.82, 2.24) is 14.8 Å². The number of nitrogens with one attached hydrogen (secondary N) is 1. The second-order valence-corrected chi connectivity index (χ2v) is 5.31. The van der Waals surface area contributed by atoms with Crippen LogP contribution in [0.3, 0.4) is 0 Å². The standard InChI is InChI=1S/C13H11N5S2/c14-12(19)17-15-8-10-11(9-4-2-1-3-5-9)16-13-18(10)6-7-20-13/h1-8H,(H3,14,17,19)/b15-8+. The molecular weight excluding hydrogens is 290 g/mol. The van der Waals surface area contributed by atoms with Crippen molar-refractivity contribution in [3.05, 3.63) is 47.6 Å². The molecular formula is C13H11N5S2. The van der Waals surface area contributed by atoms with Gasteiger partial charge in [0.2, 0.25) is 0 Å². The Hall–Kier alpha value is -2.25. The number of thiazole rings is 1. The number of imidazole rings is 1. The van der Waals surface area contributed by atoms with Crippen LogP contribution in [-0.2, 0) is 0 Å². The van der Waals surface area contributed by atoms with Gasteiger partial charge in [0.05, 0.1) is 17.6 Å². The number of aromatic nitrogens is 2. The second kappa shape index (κ2) is 5.40. The summed E-state index contributed by atoms with van der Waals surface area (Å²) in [6, 6.07) is 9.98. The molecule has 100 valence electrons. The molecule has 0 bridgehead atoms. The molecule has 0 saturated heterocycles. The lowest BCUT2D eigenvalue weighted by molar-refractivity contribution is 1.04. The van der Waals surface area contributed by atoms with Gasteiger partial charge in [-0.2, -0.15) is 5.10 Å². The summed E-state index contributed by atoms with van der Waals surface area (Å²) in [5.74, 6) is 0. The van der Waals surface area contributed by atoms with E-state index in [2.05, 4.69) is 15.5 Å². The van der Waals surface area contributed by atoms with E-state index in [0.717, 1.165) is 21.9 Å². The largest absolute Gasteiger partial charge is 0.375 e. The molecule has 0 saturated carbocycles. The Balaban J connectivity index is 2.10. The number of hydrogen-bond donors (Lipinski definition) is 2. The number of rotatable bonds is 3. The minimum Gasteiger partial charge on any atom is -0.375 e. The molecule has 2 aromatic heterocycles. The van der Waals surface area contributed by atoms with Crippen LogP contribution in [0, 0.1) is 0 Å². The van der Waals surface area contributed by atoms with Crippen LogP contribution in [0.1, 0.15) is 5.69 Å². The number of fused-ring (bicyclic) bond motifs is 1. The zero-order chi connectivity index (χ0) is 13.9. The molecule has 0 atom stereocenters.